The minimum atomic E-state index is -1.04. The van der Waals surface area contributed by atoms with Crippen molar-refractivity contribution in [2.75, 3.05) is 13.2 Å². The molecule has 2 bridgehead atoms. The normalized spacial score (nSPS) is 34.9. The Morgan fingerprint density at radius 1 is 1.36 bits per heavy atom. The summed E-state index contributed by atoms with van der Waals surface area (Å²) >= 11 is 0. The van der Waals surface area contributed by atoms with Crippen LogP contribution >= 0.6 is 0 Å². The molecule has 3 saturated heterocycles. The molecule has 0 unspecified atom stereocenters. The van der Waals surface area contributed by atoms with Crippen molar-refractivity contribution in [3.63, 3.8) is 0 Å². The number of nitrogens with one attached hydrogen (secondary N) is 1. The smallest absolute Gasteiger partial charge is 0.312 e. The zero-order valence-electron chi connectivity index (χ0n) is 17.3. The first kappa shape index (κ1) is 21.0. The molecule has 8 nitrogen and oxygen atoms in total. The molecule has 2 N–H and O–H groups in total. The molecular weight excluding hydrogens is 364 g/mol. The van der Waals surface area contributed by atoms with Gasteiger partial charge in [0.1, 0.15) is 11.6 Å². The second kappa shape index (κ2) is 7.63. The van der Waals surface area contributed by atoms with Gasteiger partial charge in [0.15, 0.2) is 0 Å². The number of aliphatic hydroxyl groups excluding tert-OH is 1. The van der Waals surface area contributed by atoms with Gasteiger partial charge in [-0.2, -0.15) is 0 Å². The van der Waals surface area contributed by atoms with Gasteiger partial charge in [0.2, 0.25) is 11.8 Å². The van der Waals surface area contributed by atoms with E-state index in [0.29, 0.717) is 12.8 Å². The summed E-state index contributed by atoms with van der Waals surface area (Å²) in [6, 6.07) is -1.50. The highest BCUT2D eigenvalue weighted by Gasteiger charge is 2.75. The zero-order chi connectivity index (χ0) is 20.8. The second-order valence-corrected chi connectivity index (χ2v) is 8.71. The summed E-state index contributed by atoms with van der Waals surface area (Å²) in [6.07, 6.45) is 0.737. The average molecular weight is 396 g/mol. The van der Waals surface area contributed by atoms with Crippen molar-refractivity contribution in [3.8, 4) is 0 Å². The van der Waals surface area contributed by atoms with Crippen LogP contribution < -0.4 is 5.32 Å². The van der Waals surface area contributed by atoms with Crippen LogP contribution in [0, 0.1) is 17.8 Å². The second-order valence-electron chi connectivity index (χ2n) is 8.71. The number of rotatable bonds is 7. The van der Waals surface area contributed by atoms with Crippen molar-refractivity contribution in [2.24, 2.45) is 17.8 Å². The van der Waals surface area contributed by atoms with E-state index in [0.717, 1.165) is 0 Å². The molecule has 2 amide bonds. The standard InChI is InChI=1S/C20H32N2O6/c1-6-27-19(26)14-13-7-8-20(28-13)15(14)18(25)22(12(9-23)10(2)3)16(20)17(24)21-11(4)5/h10-16,23H,6-9H2,1-5H3,(H,21,24)/t12-,13+,14-,15-,16+,20-/m0/s1. The van der Waals surface area contributed by atoms with Crippen LogP contribution in [-0.4, -0.2) is 70.8 Å². The number of esters is 1. The van der Waals surface area contributed by atoms with E-state index in [-0.39, 0.29) is 37.0 Å². The summed E-state index contributed by atoms with van der Waals surface area (Å²) in [5, 5.41) is 12.9. The number of amides is 2. The molecule has 1 spiro atoms. The number of hydrogen-bond donors (Lipinski definition) is 2. The topological polar surface area (TPSA) is 105 Å². The fourth-order valence-corrected chi connectivity index (χ4v) is 5.24. The van der Waals surface area contributed by atoms with Gasteiger partial charge in [0.05, 0.1) is 37.2 Å². The van der Waals surface area contributed by atoms with Crippen LogP contribution in [0.1, 0.15) is 47.5 Å². The Morgan fingerprint density at radius 3 is 2.57 bits per heavy atom. The molecular formula is C20H32N2O6. The quantitative estimate of drug-likeness (QED) is 0.606. The molecule has 0 saturated carbocycles. The summed E-state index contributed by atoms with van der Waals surface area (Å²) in [7, 11) is 0. The number of hydrogen-bond acceptors (Lipinski definition) is 6. The van der Waals surface area contributed by atoms with Crippen LogP contribution in [0.3, 0.4) is 0 Å². The Kier molecular flexibility index (Phi) is 5.74. The average Bonchev–Trinajstić information content (AvgIpc) is 3.23. The van der Waals surface area contributed by atoms with Gasteiger partial charge in [-0.25, -0.2) is 0 Å². The highest BCUT2D eigenvalue weighted by Crippen LogP contribution is 2.59. The molecule has 6 atom stereocenters. The molecule has 3 heterocycles. The van der Waals surface area contributed by atoms with Gasteiger partial charge >= 0.3 is 5.97 Å². The Labute approximate surface area is 165 Å². The van der Waals surface area contributed by atoms with E-state index in [1.54, 1.807) is 6.92 Å². The van der Waals surface area contributed by atoms with Crippen LogP contribution in [0.15, 0.2) is 0 Å². The molecule has 3 fully saturated rings. The zero-order valence-corrected chi connectivity index (χ0v) is 17.3. The fourth-order valence-electron chi connectivity index (χ4n) is 5.24. The third-order valence-electron chi connectivity index (χ3n) is 6.29. The highest BCUT2D eigenvalue weighted by atomic mass is 16.6. The van der Waals surface area contributed by atoms with Crippen LogP contribution in [-0.2, 0) is 23.9 Å². The first-order valence-corrected chi connectivity index (χ1v) is 10.3. The van der Waals surface area contributed by atoms with E-state index in [1.165, 1.54) is 4.90 Å². The molecule has 0 aromatic heterocycles. The van der Waals surface area contributed by atoms with Crippen molar-refractivity contribution in [1.82, 2.24) is 10.2 Å². The summed E-state index contributed by atoms with van der Waals surface area (Å²) in [6.45, 7) is 9.21. The maximum atomic E-state index is 13.5. The van der Waals surface area contributed by atoms with Crippen LogP contribution in [0.25, 0.3) is 0 Å². The third-order valence-corrected chi connectivity index (χ3v) is 6.29. The van der Waals surface area contributed by atoms with Gasteiger partial charge in [0.25, 0.3) is 0 Å². The molecule has 28 heavy (non-hydrogen) atoms. The van der Waals surface area contributed by atoms with E-state index >= 15 is 0 Å². The lowest BCUT2D eigenvalue weighted by molar-refractivity contribution is -0.155. The molecule has 8 heteroatoms. The maximum absolute atomic E-state index is 13.5. The molecule has 0 aromatic carbocycles. The number of fused-ring (bicyclic) bond motifs is 1. The van der Waals surface area contributed by atoms with Gasteiger partial charge in [-0.15, -0.1) is 0 Å². The minimum Gasteiger partial charge on any atom is -0.466 e. The van der Waals surface area contributed by atoms with Crippen molar-refractivity contribution < 1.29 is 29.0 Å². The lowest BCUT2D eigenvalue weighted by Gasteiger charge is -2.38. The van der Waals surface area contributed by atoms with E-state index in [4.69, 9.17) is 9.47 Å². The molecule has 3 rings (SSSR count). The first-order chi connectivity index (χ1) is 13.2. The maximum Gasteiger partial charge on any atom is 0.312 e. The van der Waals surface area contributed by atoms with E-state index in [1.807, 2.05) is 27.7 Å². The van der Waals surface area contributed by atoms with E-state index in [9.17, 15) is 19.5 Å². The van der Waals surface area contributed by atoms with Crippen molar-refractivity contribution >= 4 is 17.8 Å². The van der Waals surface area contributed by atoms with Gasteiger partial charge in [-0.05, 0) is 39.5 Å². The largest absolute Gasteiger partial charge is 0.466 e. The Bertz CT molecular complexity index is 651. The molecule has 0 aliphatic carbocycles. The number of ether oxygens (including phenoxy) is 2. The number of carbonyl (C=O) groups is 3. The molecule has 158 valence electrons. The lowest BCUT2D eigenvalue weighted by atomic mass is 9.70. The summed E-state index contributed by atoms with van der Waals surface area (Å²) in [5.41, 5.74) is -1.04. The summed E-state index contributed by atoms with van der Waals surface area (Å²) < 4.78 is 11.5. The van der Waals surface area contributed by atoms with E-state index in [2.05, 4.69) is 5.32 Å². The third kappa shape index (κ3) is 3.01. The Morgan fingerprint density at radius 2 is 2.04 bits per heavy atom. The summed E-state index contributed by atoms with van der Waals surface area (Å²) in [5.74, 6) is -2.54. The first-order valence-electron chi connectivity index (χ1n) is 10.3. The fraction of sp³-hybridized carbons (Fsp3) is 0.850. The van der Waals surface area contributed by atoms with Gasteiger partial charge in [0, 0.05) is 6.04 Å². The Hall–Kier alpha value is -1.67. The number of nitrogens with zero attached hydrogens (tertiary/aromatic N) is 1. The number of likely N-dealkylation sites (tertiary alicyclic amines) is 1. The lowest BCUT2D eigenvalue weighted by Crippen LogP contribution is -2.59. The molecule has 3 aliphatic heterocycles. The predicted molar refractivity (Wildman–Crippen MR) is 100 cm³/mol. The van der Waals surface area contributed by atoms with Gasteiger partial charge < -0.3 is 24.8 Å². The Balaban J connectivity index is 2.06. The predicted octanol–water partition coefficient (Wildman–Crippen LogP) is 0.466. The number of aliphatic hydroxyl groups is 1. The molecule has 0 aromatic rings. The SMILES string of the molecule is CCOC(=O)[C@@H]1[C@H]2C(=O)N([C@@H](CO)C(C)C)[C@H](C(=O)NC(C)C)[C@]23CC[C@H]1O3. The van der Waals surface area contributed by atoms with Crippen LogP contribution in [0.2, 0.25) is 0 Å². The highest BCUT2D eigenvalue weighted by molar-refractivity contribution is 5.98. The van der Waals surface area contributed by atoms with E-state index < -0.39 is 41.6 Å². The van der Waals surface area contributed by atoms with Crippen LogP contribution in [0.5, 0.6) is 0 Å². The van der Waals surface area contributed by atoms with Crippen LogP contribution in [0.4, 0.5) is 0 Å². The van der Waals surface area contributed by atoms with Gasteiger partial charge in [-0.3, -0.25) is 14.4 Å². The molecule has 0 radical (unpaired) electrons. The van der Waals surface area contributed by atoms with Crippen molar-refractivity contribution in [2.45, 2.75) is 77.3 Å². The van der Waals surface area contributed by atoms with Crippen molar-refractivity contribution in [3.05, 3.63) is 0 Å². The number of carbonyl (C=O) groups excluding carboxylic acids is 3. The summed E-state index contributed by atoms with van der Waals surface area (Å²) in [4.78, 5) is 40.9. The minimum absolute atomic E-state index is 0.0585. The monoisotopic (exact) mass is 396 g/mol. The molecule has 3 aliphatic rings. The van der Waals surface area contributed by atoms with Crippen molar-refractivity contribution in [1.29, 1.82) is 0 Å². The van der Waals surface area contributed by atoms with Gasteiger partial charge in [-0.1, -0.05) is 13.8 Å².